The van der Waals surface area contributed by atoms with Crippen LogP contribution >= 0.6 is 0 Å². The highest BCUT2D eigenvalue weighted by atomic mass is 16.5. The molecule has 1 unspecified atom stereocenters. The van der Waals surface area contributed by atoms with Crippen LogP contribution in [-0.4, -0.2) is 54.4 Å². The van der Waals surface area contributed by atoms with Crippen LogP contribution in [0, 0.1) is 19.8 Å². The number of hydrogen-bond donors (Lipinski definition) is 0. The Kier molecular flexibility index (Phi) is 5.49. The molecule has 2 heterocycles. The molecule has 2 aromatic carbocycles. The number of aromatic nitrogens is 2. The van der Waals surface area contributed by atoms with Gasteiger partial charge in [-0.2, -0.15) is 0 Å². The monoisotopic (exact) mass is 419 g/mol. The minimum Gasteiger partial charge on any atom is -0.497 e. The average Bonchev–Trinajstić information content (AvgIpc) is 3.31. The lowest BCUT2D eigenvalue weighted by molar-refractivity contribution is -0.00928. The van der Waals surface area contributed by atoms with Gasteiger partial charge in [-0.3, -0.25) is 0 Å². The quantitative estimate of drug-likeness (QED) is 0.617. The van der Waals surface area contributed by atoms with E-state index in [-0.39, 0.29) is 6.10 Å². The van der Waals surface area contributed by atoms with E-state index in [1.807, 2.05) is 7.11 Å². The van der Waals surface area contributed by atoms with Crippen molar-refractivity contribution in [3.63, 3.8) is 0 Å². The molecule has 164 valence electrons. The Morgan fingerprint density at radius 1 is 1.03 bits per heavy atom. The molecule has 0 amide bonds. The third-order valence-corrected chi connectivity index (χ3v) is 7.21. The van der Waals surface area contributed by atoms with Crippen LogP contribution in [0.1, 0.15) is 35.0 Å². The third kappa shape index (κ3) is 3.85. The highest BCUT2D eigenvalue weighted by Gasteiger charge is 2.34. The summed E-state index contributed by atoms with van der Waals surface area (Å²) in [4.78, 5) is 7.45. The van der Waals surface area contributed by atoms with Gasteiger partial charge in [-0.25, -0.2) is 4.98 Å². The summed E-state index contributed by atoms with van der Waals surface area (Å²) >= 11 is 0. The van der Waals surface area contributed by atoms with Crippen molar-refractivity contribution in [2.24, 2.45) is 5.92 Å². The number of nitrogens with zero attached hydrogens (tertiary/aromatic N) is 3. The SMILES string of the molecule is COc1ccc2c(c1)CC(CN1CC[C@H](n3c(C)nc4cc(C)ccc43)[C@H](OC)C1)C2. The Hall–Kier alpha value is -2.37. The first-order valence-electron chi connectivity index (χ1n) is 11.4. The van der Waals surface area contributed by atoms with Crippen LogP contribution < -0.4 is 4.74 Å². The Morgan fingerprint density at radius 3 is 2.68 bits per heavy atom. The van der Waals surface area contributed by atoms with Gasteiger partial charge in [-0.15, -0.1) is 0 Å². The summed E-state index contributed by atoms with van der Waals surface area (Å²) in [6, 6.07) is 13.5. The van der Waals surface area contributed by atoms with E-state index in [0.717, 1.165) is 49.6 Å². The zero-order chi connectivity index (χ0) is 21.5. The molecule has 2 aliphatic rings. The van der Waals surface area contributed by atoms with Gasteiger partial charge in [0, 0.05) is 26.7 Å². The van der Waals surface area contributed by atoms with Gasteiger partial charge in [-0.1, -0.05) is 12.1 Å². The van der Waals surface area contributed by atoms with Gasteiger partial charge in [0.2, 0.25) is 0 Å². The molecule has 0 bridgehead atoms. The van der Waals surface area contributed by atoms with Crippen molar-refractivity contribution in [3.05, 3.63) is 58.9 Å². The van der Waals surface area contributed by atoms with E-state index < -0.39 is 0 Å². The summed E-state index contributed by atoms with van der Waals surface area (Å²) in [6.07, 6.45) is 3.58. The molecule has 1 aliphatic carbocycles. The predicted molar refractivity (Wildman–Crippen MR) is 124 cm³/mol. The molecule has 0 N–H and O–H groups in total. The van der Waals surface area contributed by atoms with E-state index in [2.05, 4.69) is 59.7 Å². The summed E-state index contributed by atoms with van der Waals surface area (Å²) in [5.74, 6) is 2.73. The van der Waals surface area contributed by atoms with E-state index in [1.54, 1.807) is 7.11 Å². The topological polar surface area (TPSA) is 39.5 Å². The van der Waals surface area contributed by atoms with Gasteiger partial charge < -0.3 is 18.9 Å². The van der Waals surface area contributed by atoms with Crippen LogP contribution in [0.15, 0.2) is 36.4 Å². The summed E-state index contributed by atoms with van der Waals surface area (Å²) in [5, 5.41) is 0. The minimum absolute atomic E-state index is 0.176. The molecule has 5 heteroatoms. The molecule has 1 saturated heterocycles. The molecule has 1 aromatic heterocycles. The number of fused-ring (bicyclic) bond motifs is 2. The summed E-state index contributed by atoms with van der Waals surface area (Å²) < 4.78 is 13.9. The van der Waals surface area contributed by atoms with Crippen molar-refractivity contribution in [1.82, 2.24) is 14.5 Å². The number of hydrogen-bond acceptors (Lipinski definition) is 4. The molecule has 0 radical (unpaired) electrons. The molecule has 5 nitrogen and oxygen atoms in total. The molecule has 0 saturated carbocycles. The van der Waals surface area contributed by atoms with Gasteiger partial charge >= 0.3 is 0 Å². The highest BCUT2D eigenvalue weighted by molar-refractivity contribution is 5.77. The van der Waals surface area contributed by atoms with E-state index in [4.69, 9.17) is 14.5 Å². The lowest BCUT2D eigenvalue weighted by Crippen LogP contribution is -2.47. The number of imidazole rings is 1. The molecule has 1 fully saturated rings. The van der Waals surface area contributed by atoms with E-state index >= 15 is 0 Å². The van der Waals surface area contributed by atoms with Gasteiger partial charge in [-0.05, 0) is 80.0 Å². The zero-order valence-electron chi connectivity index (χ0n) is 19.1. The maximum Gasteiger partial charge on any atom is 0.119 e. The number of likely N-dealkylation sites (tertiary alicyclic amines) is 1. The van der Waals surface area contributed by atoms with Crippen LogP contribution in [0.5, 0.6) is 5.75 Å². The van der Waals surface area contributed by atoms with Crippen molar-refractivity contribution in [1.29, 1.82) is 0 Å². The molecule has 3 aromatic rings. The predicted octanol–water partition coefficient (Wildman–Crippen LogP) is 4.34. The van der Waals surface area contributed by atoms with E-state index in [9.17, 15) is 0 Å². The fourth-order valence-corrected chi connectivity index (χ4v) is 5.72. The number of piperidine rings is 1. The second kappa shape index (κ2) is 8.29. The first-order chi connectivity index (χ1) is 15.1. The zero-order valence-corrected chi connectivity index (χ0v) is 19.1. The maximum absolute atomic E-state index is 6.04. The first-order valence-corrected chi connectivity index (χ1v) is 11.4. The molecular weight excluding hydrogens is 386 g/mol. The van der Waals surface area contributed by atoms with Crippen molar-refractivity contribution < 1.29 is 9.47 Å². The van der Waals surface area contributed by atoms with Gasteiger partial charge in [0.15, 0.2) is 0 Å². The normalized spacial score (nSPS) is 23.9. The van der Waals surface area contributed by atoms with Crippen LogP contribution in [-0.2, 0) is 17.6 Å². The van der Waals surface area contributed by atoms with Crippen molar-refractivity contribution in [2.45, 2.75) is 45.3 Å². The third-order valence-electron chi connectivity index (χ3n) is 7.21. The number of methoxy groups -OCH3 is 2. The molecule has 5 rings (SSSR count). The summed E-state index contributed by atoms with van der Waals surface area (Å²) in [5.41, 5.74) is 6.52. The van der Waals surface area contributed by atoms with Crippen LogP contribution in [0.4, 0.5) is 0 Å². The molecule has 0 spiro atoms. The Labute approximate surface area is 185 Å². The van der Waals surface area contributed by atoms with Crippen molar-refractivity contribution >= 4 is 11.0 Å². The molecular formula is C26H33N3O2. The second-order valence-electron chi connectivity index (χ2n) is 9.32. The van der Waals surface area contributed by atoms with Crippen LogP contribution in [0.3, 0.4) is 0 Å². The van der Waals surface area contributed by atoms with Crippen LogP contribution in [0.2, 0.25) is 0 Å². The van der Waals surface area contributed by atoms with Crippen molar-refractivity contribution in [2.75, 3.05) is 33.9 Å². The lowest BCUT2D eigenvalue weighted by Gasteiger charge is -2.40. The fourth-order valence-electron chi connectivity index (χ4n) is 5.72. The Balaban J connectivity index is 1.29. The minimum atomic E-state index is 0.176. The summed E-state index contributed by atoms with van der Waals surface area (Å²) in [6.45, 7) is 7.46. The lowest BCUT2D eigenvalue weighted by atomic mass is 9.98. The Bertz CT molecular complexity index is 1090. The maximum atomic E-state index is 6.04. The highest BCUT2D eigenvalue weighted by Crippen LogP contribution is 2.34. The number of benzene rings is 2. The largest absolute Gasteiger partial charge is 0.497 e. The smallest absolute Gasteiger partial charge is 0.119 e. The standard InChI is InChI=1S/C26H33N3O2/c1-17-5-8-24-23(11-17)27-18(2)29(24)25-9-10-28(16-26(25)31-4)15-19-12-20-6-7-22(30-3)14-21(20)13-19/h5-8,11,14,19,25-26H,9-10,12-13,15-16H2,1-4H3/t19?,25-,26+/m0/s1. The van der Waals surface area contributed by atoms with Crippen LogP contribution in [0.25, 0.3) is 11.0 Å². The molecule has 31 heavy (non-hydrogen) atoms. The Morgan fingerprint density at radius 2 is 1.87 bits per heavy atom. The van der Waals surface area contributed by atoms with Crippen molar-refractivity contribution in [3.8, 4) is 5.75 Å². The fraction of sp³-hybridized carbons (Fsp3) is 0.500. The number of aryl methyl sites for hydroxylation is 2. The summed E-state index contributed by atoms with van der Waals surface area (Å²) in [7, 11) is 3.60. The average molecular weight is 420 g/mol. The second-order valence-corrected chi connectivity index (χ2v) is 9.32. The number of ether oxygens (including phenoxy) is 2. The van der Waals surface area contributed by atoms with Gasteiger partial charge in [0.25, 0.3) is 0 Å². The molecule has 3 atom stereocenters. The van der Waals surface area contributed by atoms with E-state index in [1.165, 1.54) is 28.6 Å². The van der Waals surface area contributed by atoms with Gasteiger partial charge in [0.05, 0.1) is 30.3 Å². The molecule has 1 aliphatic heterocycles. The first kappa shape index (κ1) is 20.5. The number of rotatable bonds is 5. The van der Waals surface area contributed by atoms with Gasteiger partial charge in [0.1, 0.15) is 11.6 Å². The van der Waals surface area contributed by atoms with E-state index in [0.29, 0.717) is 12.0 Å².